The Balaban J connectivity index is 1.87. The molecular weight excluding hydrogens is 176 g/mol. The van der Waals surface area contributed by atoms with Crippen molar-refractivity contribution in [3.8, 4) is 0 Å². The van der Waals surface area contributed by atoms with Crippen molar-refractivity contribution < 1.29 is 9.47 Å². The van der Waals surface area contributed by atoms with Gasteiger partial charge >= 0.3 is 0 Å². The Morgan fingerprint density at radius 2 is 2.14 bits per heavy atom. The van der Waals surface area contributed by atoms with Crippen LogP contribution in [-0.2, 0) is 9.47 Å². The van der Waals surface area contributed by atoms with Crippen molar-refractivity contribution in [1.29, 1.82) is 0 Å². The Bertz CT molecular complexity index is 348. The van der Waals surface area contributed by atoms with E-state index in [0.29, 0.717) is 12.2 Å². The van der Waals surface area contributed by atoms with Crippen LogP contribution in [0, 0.1) is 6.92 Å². The molecule has 2 nitrogen and oxygen atoms in total. The molecule has 0 aromatic heterocycles. The summed E-state index contributed by atoms with van der Waals surface area (Å²) in [4.78, 5) is 0. The van der Waals surface area contributed by atoms with Crippen molar-refractivity contribution in [3.05, 3.63) is 35.4 Å². The standard InChI is InChI=1S/C12H14O2/c1-8-4-2-3-5-9(8)11-12-10(14-11)6-7-13-12/h2-5,10-12H,6-7H2,1H3. The first-order valence-corrected chi connectivity index (χ1v) is 5.19. The van der Waals surface area contributed by atoms with E-state index in [2.05, 4.69) is 31.2 Å². The van der Waals surface area contributed by atoms with Crippen molar-refractivity contribution in [2.75, 3.05) is 6.61 Å². The summed E-state index contributed by atoms with van der Waals surface area (Å²) in [5.74, 6) is 0. The molecule has 2 aliphatic heterocycles. The average Bonchev–Trinajstić information content (AvgIpc) is 2.52. The molecular formula is C12H14O2. The summed E-state index contributed by atoms with van der Waals surface area (Å²) in [5.41, 5.74) is 2.59. The number of rotatable bonds is 1. The van der Waals surface area contributed by atoms with Crippen LogP contribution in [0.15, 0.2) is 24.3 Å². The smallest absolute Gasteiger partial charge is 0.114 e. The lowest BCUT2D eigenvalue weighted by atomic mass is 9.91. The van der Waals surface area contributed by atoms with Gasteiger partial charge in [0, 0.05) is 6.61 Å². The average molecular weight is 190 g/mol. The first-order valence-electron chi connectivity index (χ1n) is 5.19. The van der Waals surface area contributed by atoms with Crippen molar-refractivity contribution >= 4 is 0 Å². The van der Waals surface area contributed by atoms with Crippen LogP contribution in [0.2, 0.25) is 0 Å². The molecule has 0 radical (unpaired) electrons. The van der Waals surface area contributed by atoms with E-state index >= 15 is 0 Å². The highest BCUT2D eigenvalue weighted by Crippen LogP contribution is 2.43. The summed E-state index contributed by atoms with van der Waals surface area (Å²) in [6.07, 6.45) is 1.92. The van der Waals surface area contributed by atoms with E-state index in [-0.39, 0.29) is 6.10 Å². The molecule has 2 heteroatoms. The van der Waals surface area contributed by atoms with Crippen LogP contribution in [-0.4, -0.2) is 18.8 Å². The minimum absolute atomic E-state index is 0.184. The van der Waals surface area contributed by atoms with Gasteiger partial charge in [0.2, 0.25) is 0 Å². The van der Waals surface area contributed by atoms with E-state index in [1.165, 1.54) is 11.1 Å². The molecule has 3 unspecified atom stereocenters. The maximum Gasteiger partial charge on any atom is 0.114 e. The molecule has 0 spiro atoms. The van der Waals surface area contributed by atoms with Gasteiger partial charge < -0.3 is 9.47 Å². The van der Waals surface area contributed by atoms with E-state index in [0.717, 1.165) is 13.0 Å². The second-order valence-electron chi connectivity index (χ2n) is 4.08. The first kappa shape index (κ1) is 8.45. The number of benzene rings is 1. The van der Waals surface area contributed by atoms with Crippen molar-refractivity contribution in [2.24, 2.45) is 0 Å². The molecule has 0 N–H and O–H groups in total. The third-order valence-corrected chi connectivity index (χ3v) is 3.19. The molecule has 1 aromatic carbocycles. The van der Waals surface area contributed by atoms with Crippen LogP contribution in [0.1, 0.15) is 23.7 Å². The largest absolute Gasteiger partial charge is 0.372 e. The van der Waals surface area contributed by atoms with Gasteiger partial charge in [-0.25, -0.2) is 0 Å². The highest BCUT2D eigenvalue weighted by Gasteiger charge is 2.47. The highest BCUT2D eigenvalue weighted by atomic mass is 16.6. The van der Waals surface area contributed by atoms with Crippen molar-refractivity contribution in [3.63, 3.8) is 0 Å². The molecule has 3 atom stereocenters. The zero-order valence-corrected chi connectivity index (χ0v) is 8.27. The summed E-state index contributed by atoms with van der Waals surface area (Å²) in [5, 5.41) is 0. The molecule has 2 aliphatic rings. The Morgan fingerprint density at radius 3 is 2.93 bits per heavy atom. The van der Waals surface area contributed by atoms with E-state index in [4.69, 9.17) is 9.47 Å². The van der Waals surface area contributed by atoms with Gasteiger partial charge in [0.25, 0.3) is 0 Å². The monoisotopic (exact) mass is 190 g/mol. The fourth-order valence-electron chi connectivity index (χ4n) is 2.35. The lowest BCUT2D eigenvalue weighted by molar-refractivity contribution is -0.202. The van der Waals surface area contributed by atoms with Crippen LogP contribution >= 0.6 is 0 Å². The van der Waals surface area contributed by atoms with Gasteiger partial charge in [-0.2, -0.15) is 0 Å². The minimum atomic E-state index is 0.184. The van der Waals surface area contributed by atoms with Gasteiger partial charge in [0.15, 0.2) is 0 Å². The second kappa shape index (κ2) is 3.07. The topological polar surface area (TPSA) is 18.5 Å². The third kappa shape index (κ3) is 1.11. The van der Waals surface area contributed by atoms with Gasteiger partial charge in [-0.05, 0) is 24.5 Å². The normalized spacial score (nSPS) is 35.1. The van der Waals surface area contributed by atoms with E-state index < -0.39 is 0 Å². The first-order chi connectivity index (χ1) is 6.86. The van der Waals surface area contributed by atoms with Crippen LogP contribution in [0.25, 0.3) is 0 Å². The van der Waals surface area contributed by atoms with Crippen LogP contribution in [0.3, 0.4) is 0 Å². The second-order valence-corrected chi connectivity index (χ2v) is 4.08. The summed E-state index contributed by atoms with van der Waals surface area (Å²) in [7, 11) is 0. The van der Waals surface area contributed by atoms with Crippen molar-refractivity contribution in [1.82, 2.24) is 0 Å². The Morgan fingerprint density at radius 1 is 1.29 bits per heavy atom. The van der Waals surface area contributed by atoms with Gasteiger partial charge in [-0.3, -0.25) is 0 Å². The molecule has 14 heavy (non-hydrogen) atoms. The number of aryl methyl sites for hydroxylation is 1. The molecule has 2 heterocycles. The number of hydrogen-bond donors (Lipinski definition) is 0. The van der Waals surface area contributed by atoms with E-state index in [1.807, 2.05) is 0 Å². The minimum Gasteiger partial charge on any atom is -0.372 e. The van der Waals surface area contributed by atoms with Crippen LogP contribution < -0.4 is 0 Å². The van der Waals surface area contributed by atoms with Gasteiger partial charge in [0.1, 0.15) is 12.2 Å². The fraction of sp³-hybridized carbons (Fsp3) is 0.500. The summed E-state index contributed by atoms with van der Waals surface area (Å²) >= 11 is 0. The molecule has 2 saturated heterocycles. The molecule has 2 fully saturated rings. The molecule has 0 saturated carbocycles. The lowest BCUT2D eigenvalue weighted by Crippen LogP contribution is -2.44. The van der Waals surface area contributed by atoms with Gasteiger partial charge in [0.05, 0.1) is 6.10 Å². The van der Waals surface area contributed by atoms with E-state index in [1.54, 1.807) is 0 Å². The number of ether oxygens (including phenoxy) is 2. The number of fused-ring (bicyclic) bond motifs is 1. The molecule has 0 bridgehead atoms. The maximum atomic E-state index is 5.80. The molecule has 3 rings (SSSR count). The molecule has 1 aromatic rings. The Kier molecular flexibility index (Phi) is 1.85. The lowest BCUT2D eigenvalue weighted by Gasteiger charge is -2.40. The summed E-state index contributed by atoms with van der Waals surface area (Å²) < 4.78 is 11.5. The Labute approximate surface area is 83.8 Å². The summed E-state index contributed by atoms with van der Waals surface area (Å²) in [6, 6.07) is 8.39. The van der Waals surface area contributed by atoms with Crippen LogP contribution in [0.5, 0.6) is 0 Å². The zero-order chi connectivity index (χ0) is 9.54. The maximum absolute atomic E-state index is 5.80. The fourth-order valence-corrected chi connectivity index (χ4v) is 2.35. The van der Waals surface area contributed by atoms with Crippen LogP contribution in [0.4, 0.5) is 0 Å². The SMILES string of the molecule is Cc1ccccc1C1OC2CCOC21. The van der Waals surface area contributed by atoms with Crippen molar-refractivity contribution in [2.45, 2.75) is 31.7 Å². The third-order valence-electron chi connectivity index (χ3n) is 3.19. The number of hydrogen-bond acceptors (Lipinski definition) is 2. The molecule has 0 aliphatic carbocycles. The zero-order valence-electron chi connectivity index (χ0n) is 8.27. The predicted molar refractivity (Wildman–Crippen MR) is 53.2 cm³/mol. The van der Waals surface area contributed by atoms with Gasteiger partial charge in [-0.15, -0.1) is 0 Å². The molecule has 0 amide bonds. The predicted octanol–water partition coefficient (Wildman–Crippen LogP) is 2.22. The quantitative estimate of drug-likeness (QED) is 0.676. The van der Waals surface area contributed by atoms with Gasteiger partial charge in [-0.1, -0.05) is 24.3 Å². The van der Waals surface area contributed by atoms with E-state index in [9.17, 15) is 0 Å². The highest BCUT2D eigenvalue weighted by molar-refractivity contribution is 5.30. The summed E-state index contributed by atoms with van der Waals surface area (Å²) in [6.45, 7) is 2.98. The Hall–Kier alpha value is -0.860. The molecule has 74 valence electrons.